The maximum Gasteiger partial charge on any atom is 0.255 e. The van der Waals surface area contributed by atoms with Crippen molar-refractivity contribution < 1.29 is 9.66 Å². The predicted octanol–water partition coefficient (Wildman–Crippen LogP) is 1.11. The number of hydrogen-bond donors (Lipinski definition) is 0. The minimum atomic E-state index is -0.440. The molecule has 12 heavy (non-hydrogen) atoms. The first kappa shape index (κ1) is 8.45. The van der Waals surface area contributed by atoms with Gasteiger partial charge in [0.15, 0.2) is 5.90 Å². The Labute approximate surface area is 69.2 Å². The Morgan fingerprint density at radius 1 is 1.75 bits per heavy atom. The van der Waals surface area contributed by atoms with E-state index in [1.54, 1.807) is 0 Å². The van der Waals surface area contributed by atoms with E-state index >= 15 is 0 Å². The van der Waals surface area contributed by atoms with Gasteiger partial charge in [-0.1, -0.05) is 0 Å². The first-order valence-corrected chi connectivity index (χ1v) is 3.35. The lowest BCUT2D eigenvalue weighted by Crippen LogP contribution is -2.07. The molecule has 0 spiro atoms. The van der Waals surface area contributed by atoms with E-state index in [9.17, 15) is 10.1 Å². The molecule has 5 nitrogen and oxygen atoms in total. The van der Waals surface area contributed by atoms with E-state index in [1.807, 2.05) is 0 Å². The van der Waals surface area contributed by atoms with Gasteiger partial charge in [0.2, 0.25) is 0 Å². The van der Waals surface area contributed by atoms with Crippen molar-refractivity contribution in [2.24, 2.45) is 4.99 Å². The van der Waals surface area contributed by atoms with Crippen LogP contribution in [0.1, 0.15) is 6.42 Å². The number of rotatable bonds is 1. The number of nitrogens with zero attached hydrogens (tertiary/aromatic N) is 2. The zero-order chi connectivity index (χ0) is 8.97. The van der Waals surface area contributed by atoms with Crippen LogP contribution in [0.4, 0.5) is 0 Å². The van der Waals surface area contributed by atoms with Crippen LogP contribution in [-0.4, -0.2) is 17.9 Å². The average molecular weight is 168 g/mol. The third-order valence-electron chi connectivity index (χ3n) is 1.40. The van der Waals surface area contributed by atoms with Gasteiger partial charge < -0.3 is 4.74 Å². The number of ether oxygens (including phenoxy) is 1. The molecule has 0 saturated carbocycles. The molecule has 1 aliphatic rings. The summed E-state index contributed by atoms with van der Waals surface area (Å²) in [5.74, 6) is 0.353. The average Bonchev–Trinajstić information content (AvgIpc) is 2.28. The highest BCUT2D eigenvalue weighted by atomic mass is 16.6. The summed E-state index contributed by atoms with van der Waals surface area (Å²) in [5, 5.41) is 10.4. The van der Waals surface area contributed by atoms with Crippen LogP contribution in [0.2, 0.25) is 0 Å². The molecule has 0 aromatic heterocycles. The predicted molar refractivity (Wildman–Crippen MR) is 43.3 cm³/mol. The number of nitro groups is 1. The first-order valence-electron chi connectivity index (χ1n) is 3.35. The highest BCUT2D eigenvalue weighted by Crippen LogP contribution is 2.08. The van der Waals surface area contributed by atoms with Gasteiger partial charge in [-0.25, -0.2) is 4.99 Å². The van der Waals surface area contributed by atoms with E-state index in [4.69, 9.17) is 4.74 Å². The van der Waals surface area contributed by atoms with Crippen LogP contribution in [0.5, 0.6) is 0 Å². The van der Waals surface area contributed by atoms with Gasteiger partial charge in [-0.05, 0) is 6.08 Å². The first-order chi connectivity index (χ1) is 5.74. The highest BCUT2D eigenvalue weighted by molar-refractivity contribution is 5.79. The Kier molecular flexibility index (Phi) is 2.57. The molecule has 1 rings (SSSR count). The number of aliphatic imine (C=N–C) groups is 1. The fourth-order valence-electron chi connectivity index (χ4n) is 0.790. The third kappa shape index (κ3) is 1.91. The molecule has 0 bridgehead atoms. The van der Waals surface area contributed by atoms with E-state index in [0.29, 0.717) is 5.90 Å². The van der Waals surface area contributed by atoms with Crippen molar-refractivity contribution >= 4 is 5.90 Å². The molecule has 5 heteroatoms. The molecular weight excluding hydrogens is 160 g/mol. The maximum atomic E-state index is 10.4. The van der Waals surface area contributed by atoms with Crippen molar-refractivity contribution in [1.29, 1.82) is 0 Å². The van der Waals surface area contributed by atoms with Gasteiger partial charge in [0, 0.05) is 12.3 Å². The van der Waals surface area contributed by atoms with E-state index in [-0.39, 0.29) is 12.1 Å². The van der Waals surface area contributed by atoms with Crippen molar-refractivity contribution in [3.8, 4) is 0 Å². The molecule has 1 heterocycles. The Hall–Kier alpha value is -1.65. The largest absolute Gasteiger partial charge is 0.484 e. The summed E-state index contributed by atoms with van der Waals surface area (Å²) in [6.45, 7) is 0. The van der Waals surface area contributed by atoms with Gasteiger partial charge >= 0.3 is 0 Å². The van der Waals surface area contributed by atoms with Gasteiger partial charge in [0.25, 0.3) is 5.70 Å². The van der Waals surface area contributed by atoms with Crippen molar-refractivity contribution in [1.82, 2.24) is 0 Å². The second kappa shape index (κ2) is 3.66. The van der Waals surface area contributed by atoms with Crippen molar-refractivity contribution in [3.63, 3.8) is 0 Å². The highest BCUT2D eigenvalue weighted by Gasteiger charge is 2.15. The molecule has 0 aromatic carbocycles. The zero-order valence-corrected chi connectivity index (χ0v) is 6.56. The molecule has 0 unspecified atom stereocenters. The maximum absolute atomic E-state index is 10.4. The summed E-state index contributed by atoms with van der Waals surface area (Å²) in [6, 6.07) is 0. The third-order valence-corrected chi connectivity index (χ3v) is 1.40. The Morgan fingerprint density at radius 2 is 2.50 bits per heavy atom. The van der Waals surface area contributed by atoms with E-state index < -0.39 is 4.92 Å². The fourth-order valence-corrected chi connectivity index (χ4v) is 0.790. The van der Waals surface area contributed by atoms with Crippen LogP contribution in [0.25, 0.3) is 0 Å². The quantitative estimate of drug-likeness (QED) is 0.435. The molecule has 0 N–H and O–H groups in total. The smallest absolute Gasteiger partial charge is 0.255 e. The second-order valence-corrected chi connectivity index (χ2v) is 2.16. The van der Waals surface area contributed by atoms with E-state index in [0.717, 1.165) is 0 Å². The van der Waals surface area contributed by atoms with Gasteiger partial charge in [-0.15, -0.1) is 0 Å². The van der Waals surface area contributed by atoms with Crippen LogP contribution in [0, 0.1) is 10.1 Å². The fraction of sp³-hybridized carbons (Fsp3) is 0.286. The van der Waals surface area contributed by atoms with Crippen LogP contribution < -0.4 is 0 Å². The van der Waals surface area contributed by atoms with E-state index in [2.05, 4.69) is 4.99 Å². The molecule has 0 amide bonds. The number of methoxy groups -OCH3 is 1. The SMILES string of the molecule is COC1=NC=CC=C([N+](=O)[O-])C1. The van der Waals surface area contributed by atoms with Gasteiger partial charge in [-0.2, -0.15) is 0 Å². The van der Waals surface area contributed by atoms with Crippen molar-refractivity contribution in [2.75, 3.05) is 7.11 Å². The number of allylic oxidation sites excluding steroid dienone is 2. The zero-order valence-electron chi connectivity index (χ0n) is 6.56. The Morgan fingerprint density at radius 3 is 3.08 bits per heavy atom. The summed E-state index contributed by atoms with van der Waals surface area (Å²) in [4.78, 5) is 13.8. The lowest BCUT2D eigenvalue weighted by Gasteiger charge is -1.99. The summed E-state index contributed by atoms with van der Waals surface area (Å²) < 4.78 is 4.80. The lowest BCUT2D eigenvalue weighted by atomic mass is 10.3. The molecule has 0 aliphatic carbocycles. The summed E-state index contributed by atoms with van der Waals surface area (Å²) >= 11 is 0. The normalized spacial score (nSPS) is 16.1. The lowest BCUT2D eigenvalue weighted by molar-refractivity contribution is -0.426. The summed E-state index contributed by atoms with van der Waals surface area (Å²) in [5.41, 5.74) is 0.0874. The second-order valence-electron chi connectivity index (χ2n) is 2.16. The van der Waals surface area contributed by atoms with Crippen molar-refractivity contribution in [3.05, 3.63) is 34.2 Å². The molecule has 0 fully saturated rings. The minimum absolute atomic E-state index is 0.0874. The minimum Gasteiger partial charge on any atom is -0.484 e. The topological polar surface area (TPSA) is 64.7 Å². The van der Waals surface area contributed by atoms with Crippen molar-refractivity contribution in [2.45, 2.75) is 6.42 Å². The monoisotopic (exact) mass is 168 g/mol. The standard InChI is InChI=1S/C7H8N2O3/c1-12-7-5-6(9(10)11)3-2-4-8-7/h2-4H,5H2,1H3. The van der Waals surface area contributed by atoms with Crippen LogP contribution in [0.3, 0.4) is 0 Å². The molecule has 64 valence electrons. The molecule has 1 aliphatic heterocycles. The van der Waals surface area contributed by atoms with Crippen LogP contribution in [0.15, 0.2) is 29.0 Å². The molecule has 0 radical (unpaired) electrons. The van der Waals surface area contributed by atoms with Crippen LogP contribution in [-0.2, 0) is 4.74 Å². The van der Waals surface area contributed by atoms with Crippen LogP contribution >= 0.6 is 0 Å². The summed E-state index contributed by atoms with van der Waals surface area (Å²) in [6.07, 6.45) is 4.53. The molecule has 0 saturated heterocycles. The van der Waals surface area contributed by atoms with Gasteiger partial charge in [0.05, 0.1) is 12.0 Å². The molecule has 0 aromatic rings. The Balaban J connectivity index is 2.82. The van der Waals surface area contributed by atoms with Gasteiger partial charge in [0.1, 0.15) is 6.42 Å². The van der Waals surface area contributed by atoms with Gasteiger partial charge in [-0.3, -0.25) is 10.1 Å². The summed E-state index contributed by atoms with van der Waals surface area (Å²) in [7, 11) is 1.44. The Bertz CT molecular complexity index is 278. The van der Waals surface area contributed by atoms with E-state index in [1.165, 1.54) is 25.5 Å². The molecular formula is C7H8N2O3. The molecule has 0 atom stereocenters. The number of hydrogen-bond acceptors (Lipinski definition) is 4.